The Kier molecular flexibility index (Phi) is 7.05. The first-order chi connectivity index (χ1) is 15.0. The van der Waals surface area contributed by atoms with E-state index >= 15 is 0 Å². The van der Waals surface area contributed by atoms with Crippen LogP contribution in [0.1, 0.15) is 22.8 Å². The van der Waals surface area contributed by atoms with Gasteiger partial charge in [0, 0.05) is 6.54 Å². The largest absolute Gasteiger partial charge is 0.507 e. The number of hydrogen-bond acceptors (Lipinski definition) is 6. The molecule has 0 saturated heterocycles. The zero-order valence-corrected chi connectivity index (χ0v) is 17.2. The smallest absolute Gasteiger partial charge is 0.275 e. The Morgan fingerprint density at radius 3 is 2.52 bits per heavy atom. The number of methoxy groups -OCH3 is 1. The zero-order valence-electron chi connectivity index (χ0n) is 17.2. The molecule has 160 valence electrons. The van der Waals surface area contributed by atoms with Gasteiger partial charge in [0.2, 0.25) is 0 Å². The highest BCUT2D eigenvalue weighted by Crippen LogP contribution is 2.27. The number of carbonyl (C=O) groups is 2. The molecular weight excluding hydrogens is 398 g/mol. The fourth-order valence-electron chi connectivity index (χ4n) is 2.91. The lowest BCUT2D eigenvalue weighted by molar-refractivity contribution is -0.123. The molecule has 0 aromatic heterocycles. The van der Waals surface area contributed by atoms with Crippen LogP contribution < -0.4 is 20.2 Å². The number of ether oxygens (including phenoxy) is 2. The second-order valence-corrected chi connectivity index (χ2v) is 6.57. The van der Waals surface area contributed by atoms with Crippen molar-refractivity contribution in [1.82, 2.24) is 10.7 Å². The van der Waals surface area contributed by atoms with Crippen molar-refractivity contribution in [3.8, 4) is 17.2 Å². The van der Waals surface area contributed by atoms with E-state index in [9.17, 15) is 14.7 Å². The maximum absolute atomic E-state index is 12.4. The predicted molar refractivity (Wildman–Crippen MR) is 118 cm³/mol. The number of likely N-dealkylation sites (N-methyl/N-ethyl adjacent to an activating group) is 1. The summed E-state index contributed by atoms with van der Waals surface area (Å²) in [5.74, 6) is -0.0485. The highest BCUT2D eigenvalue weighted by Gasteiger charge is 2.12. The van der Waals surface area contributed by atoms with Crippen LogP contribution in [0.25, 0.3) is 10.8 Å². The van der Waals surface area contributed by atoms with Gasteiger partial charge in [-0.15, -0.1) is 0 Å². The molecule has 8 nitrogen and oxygen atoms in total. The highest BCUT2D eigenvalue weighted by molar-refractivity contribution is 6.01. The van der Waals surface area contributed by atoms with E-state index < -0.39 is 5.91 Å². The molecule has 0 heterocycles. The molecule has 3 rings (SSSR count). The molecule has 2 amide bonds. The quantitative estimate of drug-likeness (QED) is 0.383. The minimum Gasteiger partial charge on any atom is -0.507 e. The second-order valence-electron chi connectivity index (χ2n) is 6.57. The van der Waals surface area contributed by atoms with Crippen LogP contribution in [0.15, 0.2) is 59.7 Å². The number of rotatable bonds is 8. The van der Waals surface area contributed by atoms with E-state index in [0.717, 1.165) is 10.8 Å². The van der Waals surface area contributed by atoms with Crippen LogP contribution in [-0.2, 0) is 4.79 Å². The zero-order chi connectivity index (χ0) is 22.2. The molecule has 0 unspecified atom stereocenters. The van der Waals surface area contributed by atoms with Gasteiger partial charge in [0.1, 0.15) is 5.75 Å². The summed E-state index contributed by atoms with van der Waals surface area (Å²) in [6.07, 6.45) is 1.44. The normalized spacial score (nSPS) is 10.8. The summed E-state index contributed by atoms with van der Waals surface area (Å²) in [6.45, 7) is 2.23. The third-order valence-corrected chi connectivity index (χ3v) is 4.41. The Morgan fingerprint density at radius 2 is 1.81 bits per heavy atom. The van der Waals surface area contributed by atoms with Gasteiger partial charge in [-0.1, -0.05) is 24.3 Å². The number of benzene rings is 3. The summed E-state index contributed by atoms with van der Waals surface area (Å²) < 4.78 is 10.8. The fourth-order valence-corrected chi connectivity index (χ4v) is 2.91. The van der Waals surface area contributed by atoms with Crippen molar-refractivity contribution in [3.63, 3.8) is 0 Å². The summed E-state index contributed by atoms with van der Waals surface area (Å²) in [6, 6.07) is 15.6. The van der Waals surface area contributed by atoms with Gasteiger partial charge in [-0.05, 0) is 53.6 Å². The van der Waals surface area contributed by atoms with Gasteiger partial charge in [0.15, 0.2) is 18.1 Å². The summed E-state index contributed by atoms with van der Waals surface area (Å²) in [5, 5.41) is 18.4. The first kappa shape index (κ1) is 21.6. The molecule has 0 atom stereocenters. The van der Waals surface area contributed by atoms with Crippen molar-refractivity contribution in [2.75, 3.05) is 20.3 Å². The van der Waals surface area contributed by atoms with Gasteiger partial charge in [-0.3, -0.25) is 9.59 Å². The Labute approximate surface area is 179 Å². The molecule has 0 aliphatic rings. The molecule has 3 N–H and O–H groups in total. The Hall–Kier alpha value is -4.07. The summed E-state index contributed by atoms with van der Waals surface area (Å²) in [4.78, 5) is 24.0. The first-order valence-corrected chi connectivity index (χ1v) is 9.64. The molecule has 0 aliphatic heterocycles. The lowest BCUT2D eigenvalue weighted by Crippen LogP contribution is -2.28. The summed E-state index contributed by atoms with van der Waals surface area (Å²) in [7, 11) is 1.49. The van der Waals surface area contributed by atoms with Crippen molar-refractivity contribution < 1.29 is 24.2 Å². The van der Waals surface area contributed by atoms with Gasteiger partial charge in [0.25, 0.3) is 11.8 Å². The van der Waals surface area contributed by atoms with Gasteiger partial charge in [-0.2, -0.15) is 5.10 Å². The molecule has 0 fully saturated rings. The number of phenolic OH excluding ortho intramolecular Hbond substituents is 1. The maximum atomic E-state index is 12.4. The van der Waals surface area contributed by atoms with Crippen LogP contribution in [0.3, 0.4) is 0 Å². The van der Waals surface area contributed by atoms with Crippen molar-refractivity contribution in [2.45, 2.75) is 6.92 Å². The average Bonchev–Trinajstić information content (AvgIpc) is 2.77. The lowest BCUT2D eigenvalue weighted by Gasteiger charge is -2.11. The van der Waals surface area contributed by atoms with Crippen molar-refractivity contribution >= 4 is 28.8 Å². The Balaban J connectivity index is 1.67. The number of nitrogens with one attached hydrogen (secondary N) is 2. The second kappa shape index (κ2) is 10.1. The highest BCUT2D eigenvalue weighted by atomic mass is 16.5. The minimum absolute atomic E-state index is 0.122. The van der Waals surface area contributed by atoms with E-state index in [2.05, 4.69) is 15.8 Å². The van der Waals surface area contributed by atoms with Gasteiger partial charge < -0.3 is 19.9 Å². The summed E-state index contributed by atoms with van der Waals surface area (Å²) >= 11 is 0. The van der Waals surface area contributed by atoms with Crippen LogP contribution >= 0.6 is 0 Å². The lowest BCUT2D eigenvalue weighted by atomic mass is 10.1. The fraction of sp³-hybridized carbons (Fsp3) is 0.174. The van der Waals surface area contributed by atoms with Gasteiger partial charge >= 0.3 is 0 Å². The van der Waals surface area contributed by atoms with Crippen LogP contribution in [0.4, 0.5) is 0 Å². The third-order valence-electron chi connectivity index (χ3n) is 4.41. The topological polar surface area (TPSA) is 109 Å². The number of aromatic hydroxyl groups is 1. The van der Waals surface area contributed by atoms with Crippen LogP contribution in [-0.4, -0.2) is 43.4 Å². The summed E-state index contributed by atoms with van der Waals surface area (Å²) in [5.41, 5.74) is 3.18. The number of hydrogen-bond donors (Lipinski definition) is 3. The SMILES string of the molecule is CCNC(=O)COc1ccc(/C=N/NC(=O)c2cc3ccccc3cc2O)cc1OC. The molecule has 0 spiro atoms. The number of hydrazone groups is 1. The van der Waals surface area contributed by atoms with E-state index in [1.54, 1.807) is 30.3 Å². The monoisotopic (exact) mass is 421 g/mol. The molecule has 3 aromatic carbocycles. The van der Waals surface area contributed by atoms with E-state index in [1.165, 1.54) is 13.3 Å². The number of nitrogens with zero attached hydrogens (tertiary/aromatic N) is 1. The van der Waals surface area contributed by atoms with Crippen LogP contribution in [0.2, 0.25) is 0 Å². The molecule has 0 radical (unpaired) electrons. The molecule has 8 heteroatoms. The van der Waals surface area contributed by atoms with E-state index in [-0.39, 0.29) is 23.8 Å². The molecule has 0 bridgehead atoms. The third kappa shape index (κ3) is 5.51. The number of amides is 2. The van der Waals surface area contributed by atoms with Gasteiger partial charge in [-0.25, -0.2) is 5.43 Å². The van der Waals surface area contributed by atoms with E-state index in [4.69, 9.17) is 9.47 Å². The van der Waals surface area contributed by atoms with Gasteiger partial charge in [0.05, 0.1) is 18.9 Å². The number of carbonyl (C=O) groups excluding carboxylic acids is 2. The average molecular weight is 421 g/mol. The molecular formula is C23H23N3O5. The Bertz CT molecular complexity index is 1130. The molecule has 0 saturated carbocycles. The van der Waals surface area contributed by atoms with Crippen LogP contribution in [0, 0.1) is 0 Å². The van der Waals surface area contributed by atoms with E-state index in [0.29, 0.717) is 23.6 Å². The predicted octanol–water partition coefficient (Wildman–Crippen LogP) is 2.83. The first-order valence-electron chi connectivity index (χ1n) is 9.64. The van der Waals surface area contributed by atoms with Crippen molar-refractivity contribution in [3.05, 3.63) is 65.7 Å². The number of fused-ring (bicyclic) bond motifs is 1. The number of phenols is 1. The standard InChI is InChI=1S/C23H23N3O5/c1-3-24-22(28)14-31-20-9-8-15(10-21(20)30-2)13-25-26-23(29)18-11-16-6-4-5-7-17(16)12-19(18)27/h4-13,27H,3,14H2,1-2H3,(H,24,28)(H,26,29)/b25-13+. The van der Waals surface area contributed by atoms with Crippen molar-refractivity contribution in [2.24, 2.45) is 5.10 Å². The minimum atomic E-state index is -0.534. The van der Waals surface area contributed by atoms with E-state index in [1.807, 2.05) is 31.2 Å². The maximum Gasteiger partial charge on any atom is 0.275 e. The van der Waals surface area contributed by atoms with Crippen LogP contribution in [0.5, 0.6) is 17.2 Å². The molecule has 0 aliphatic carbocycles. The molecule has 31 heavy (non-hydrogen) atoms. The van der Waals surface area contributed by atoms with Crippen molar-refractivity contribution in [1.29, 1.82) is 0 Å². The molecule has 3 aromatic rings. The Morgan fingerprint density at radius 1 is 1.06 bits per heavy atom.